The zero-order valence-electron chi connectivity index (χ0n) is 8.73. The maximum absolute atomic E-state index is 11.8. The molecule has 0 bridgehead atoms. The number of nitrogens with zero attached hydrogens (tertiary/aromatic N) is 1. The molecule has 14 heavy (non-hydrogen) atoms. The van der Waals surface area contributed by atoms with Gasteiger partial charge in [0.2, 0.25) is 5.91 Å². The van der Waals surface area contributed by atoms with E-state index in [1.54, 1.807) is 13.1 Å². The summed E-state index contributed by atoms with van der Waals surface area (Å²) in [6.07, 6.45) is 2.45. The predicted molar refractivity (Wildman–Crippen MR) is 52.4 cm³/mol. The molecule has 0 aliphatic carbocycles. The molecule has 1 amide bonds. The van der Waals surface area contributed by atoms with Crippen LogP contribution >= 0.6 is 0 Å². The second kappa shape index (κ2) is 5.12. The molecule has 0 aromatic rings. The Bertz CT molecular complexity index is 213. The molecular formula is C10H17NO3. The summed E-state index contributed by atoms with van der Waals surface area (Å²) in [4.78, 5) is 16.7. The molecule has 0 radical (unpaired) electrons. The van der Waals surface area contributed by atoms with Crippen LogP contribution in [0.3, 0.4) is 0 Å². The van der Waals surface area contributed by atoms with E-state index in [4.69, 9.17) is 9.57 Å². The SMILES string of the molecule is C=CCC(C(=O)N(C)OC)C1COC1. The quantitative estimate of drug-likeness (QED) is 0.486. The van der Waals surface area contributed by atoms with Crippen LogP contribution in [0.1, 0.15) is 6.42 Å². The van der Waals surface area contributed by atoms with E-state index in [1.807, 2.05) is 0 Å². The predicted octanol–water partition coefficient (Wildman–Crippen LogP) is 0.845. The standard InChI is InChI=1S/C10H17NO3/c1-4-5-9(8-6-14-7-8)10(12)11(2)13-3/h4,8-9H,1,5-7H2,2-3H3. The molecule has 0 aromatic heterocycles. The first-order valence-corrected chi connectivity index (χ1v) is 4.71. The zero-order chi connectivity index (χ0) is 10.6. The number of ether oxygens (including phenoxy) is 1. The Morgan fingerprint density at radius 1 is 1.79 bits per heavy atom. The summed E-state index contributed by atoms with van der Waals surface area (Å²) >= 11 is 0. The van der Waals surface area contributed by atoms with Gasteiger partial charge in [-0.05, 0) is 6.42 Å². The lowest BCUT2D eigenvalue weighted by molar-refractivity contribution is -0.181. The number of rotatable bonds is 5. The lowest BCUT2D eigenvalue weighted by atomic mass is 9.87. The van der Waals surface area contributed by atoms with Gasteiger partial charge in [0.25, 0.3) is 0 Å². The number of carbonyl (C=O) groups excluding carboxylic acids is 1. The Morgan fingerprint density at radius 2 is 2.43 bits per heavy atom. The normalized spacial score (nSPS) is 18.4. The highest BCUT2D eigenvalue weighted by molar-refractivity contribution is 5.78. The Morgan fingerprint density at radius 3 is 2.79 bits per heavy atom. The Balaban J connectivity index is 2.56. The molecule has 0 N–H and O–H groups in total. The van der Waals surface area contributed by atoms with Crippen molar-refractivity contribution in [3.8, 4) is 0 Å². The summed E-state index contributed by atoms with van der Waals surface area (Å²) in [5, 5.41) is 1.27. The molecule has 80 valence electrons. The highest BCUT2D eigenvalue weighted by Crippen LogP contribution is 2.25. The molecule has 0 saturated carbocycles. The highest BCUT2D eigenvalue weighted by Gasteiger charge is 2.34. The molecule has 0 aromatic carbocycles. The fourth-order valence-corrected chi connectivity index (χ4v) is 1.48. The van der Waals surface area contributed by atoms with Crippen LogP contribution in [-0.4, -0.2) is 38.3 Å². The molecule has 1 aliphatic rings. The van der Waals surface area contributed by atoms with Crippen molar-refractivity contribution in [2.45, 2.75) is 6.42 Å². The molecule has 1 unspecified atom stereocenters. The molecule has 1 heterocycles. The summed E-state index contributed by atoms with van der Waals surface area (Å²) in [6, 6.07) is 0. The van der Waals surface area contributed by atoms with Crippen LogP contribution in [0.4, 0.5) is 0 Å². The van der Waals surface area contributed by atoms with Crippen LogP contribution in [0, 0.1) is 11.8 Å². The third-order valence-electron chi connectivity index (χ3n) is 2.55. The van der Waals surface area contributed by atoms with E-state index >= 15 is 0 Å². The lowest BCUT2D eigenvalue weighted by Crippen LogP contribution is -2.43. The minimum absolute atomic E-state index is 0.000648. The van der Waals surface area contributed by atoms with Gasteiger partial charge < -0.3 is 4.74 Å². The minimum Gasteiger partial charge on any atom is -0.381 e. The molecule has 1 aliphatic heterocycles. The fourth-order valence-electron chi connectivity index (χ4n) is 1.48. The van der Waals surface area contributed by atoms with Crippen LogP contribution in [0.5, 0.6) is 0 Å². The van der Waals surface area contributed by atoms with Gasteiger partial charge in [0, 0.05) is 13.0 Å². The molecule has 0 spiro atoms. The minimum atomic E-state index is -0.0498. The number of hydroxylamine groups is 2. The fraction of sp³-hybridized carbons (Fsp3) is 0.700. The number of amides is 1. The van der Waals surface area contributed by atoms with Crippen LogP contribution in [-0.2, 0) is 14.4 Å². The van der Waals surface area contributed by atoms with Gasteiger partial charge in [-0.2, -0.15) is 0 Å². The molecule has 4 heteroatoms. The monoisotopic (exact) mass is 199 g/mol. The first kappa shape index (κ1) is 11.2. The average Bonchev–Trinajstić information content (AvgIpc) is 2.12. The summed E-state index contributed by atoms with van der Waals surface area (Å²) in [7, 11) is 3.11. The van der Waals surface area contributed by atoms with Crippen molar-refractivity contribution in [2.24, 2.45) is 11.8 Å². The van der Waals surface area contributed by atoms with Crippen molar-refractivity contribution in [3.05, 3.63) is 12.7 Å². The largest absolute Gasteiger partial charge is 0.381 e. The first-order valence-electron chi connectivity index (χ1n) is 4.71. The molecule has 1 saturated heterocycles. The molecule has 1 rings (SSSR count). The Hall–Kier alpha value is -0.870. The van der Waals surface area contributed by atoms with Crippen molar-refractivity contribution < 1.29 is 14.4 Å². The van der Waals surface area contributed by atoms with Crippen molar-refractivity contribution in [1.29, 1.82) is 0 Å². The molecular weight excluding hydrogens is 182 g/mol. The second-order valence-corrected chi connectivity index (χ2v) is 3.45. The zero-order valence-corrected chi connectivity index (χ0v) is 8.73. The van der Waals surface area contributed by atoms with E-state index < -0.39 is 0 Å². The summed E-state index contributed by atoms with van der Waals surface area (Å²) in [5.74, 6) is 0.269. The molecule has 1 atom stereocenters. The summed E-state index contributed by atoms with van der Waals surface area (Å²) in [6.45, 7) is 4.99. The Kier molecular flexibility index (Phi) is 4.10. The maximum atomic E-state index is 11.8. The average molecular weight is 199 g/mol. The van der Waals surface area contributed by atoms with E-state index in [0.717, 1.165) is 0 Å². The van der Waals surface area contributed by atoms with Crippen LogP contribution in [0.15, 0.2) is 12.7 Å². The summed E-state index contributed by atoms with van der Waals surface area (Å²) in [5.41, 5.74) is 0. The third-order valence-corrected chi connectivity index (χ3v) is 2.55. The van der Waals surface area contributed by atoms with Crippen LogP contribution in [0.2, 0.25) is 0 Å². The van der Waals surface area contributed by atoms with Gasteiger partial charge in [0.1, 0.15) is 0 Å². The summed E-state index contributed by atoms with van der Waals surface area (Å²) < 4.78 is 5.08. The lowest BCUT2D eigenvalue weighted by Gasteiger charge is -2.33. The van der Waals surface area contributed by atoms with Crippen molar-refractivity contribution in [3.63, 3.8) is 0 Å². The third kappa shape index (κ3) is 2.33. The smallest absolute Gasteiger partial charge is 0.249 e. The highest BCUT2D eigenvalue weighted by atomic mass is 16.7. The van der Waals surface area contributed by atoms with Gasteiger partial charge in [-0.1, -0.05) is 6.08 Å². The second-order valence-electron chi connectivity index (χ2n) is 3.45. The number of allylic oxidation sites excluding steroid dienone is 1. The van der Waals surface area contributed by atoms with E-state index in [9.17, 15) is 4.79 Å². The van der Waals surface area contributed by atoms with Gasteiger partial charge in [-0.25, -0.2) is 5.06 Å². The number of carbonyl (C=O) groups is 1. The number of hydrogen-bond acceptors (Lipinski definition) is 3. The number of hydrogen-bond donors (Lipinski definition) is 0. The van der Waals surface area contributed by atoms with Gasteiger partial charge in [0.05, 0.1) is 26.2 Å². The molecule has 4 nitrogen and oxygen atoms in total. The van der Waals surface area contributed by atoms with E-state index in [0.29, 0.717) is 25.6 Å². The first-order chi connectivity index (χ1) is 6.70. The van der Waals surface area contributed by atoms with Gasteiger partial charge in [-0.15, -0.1) is 6.58 Å². The van der Waals surface area contributed by atoms with Crippen molar-refractivity contribution in [2.75, 3.05) is 27.4 Å². The van der Waals surface area contributed by atoms with Crippen molar-refractivity contribution >= 4 is 5.91 Å². The van der Waals surface area contributed by atoms with Gasteiger partial charge in [0.15, 0.2) is 0 Å². The van der Waals surface area contributed by atoms with Gasteiger partial charge >= 0.3 is 0 Å². The Labute approximate surface area is 84.4 Å². The maximum Gasteiger partial charge on any atom is 0.249 e. The van der Waals surface area contributed by atoms with Crippen LogP contribution < -0.4 is 0 Å². The van der Waals surface area contributed by atoms with E-state index in [2.05, 4.69) is 6.58 Å². The molecule has 1 fully saturated rings. The van der Waals surface area contributed by atoms with Crippen LogP contribution in [0.25, 0.3) is 0 Å². The van der Waals surface area contributed by atoms with E-state index in [1.165, 1.54) is 12.2 Å². The van der Waals surface area contributed by atoms with Crippen molar-refractivity contribution in [1.82, 2.24) is 5.06 Å². The van der Waals surface area contributed by atoms with E-state index in [-0.39, 0.29) is 11.8 Å². The topological polar surface area (TPSA) is 38.8 Å². The van der Waals surface area contributed by atoms with Gasteiger partial charge in [-0.3, -0.25) is 9.63 Å².